The summed E-state index contributed by atoms with van der Waals surface area (Å²) in [5.74, 6) is -0.237. The van der Waals surface area contributed by atoms with E-state index in [1.807, 2.05) is 13.8 Å². The average Bonchev–Trinajstić information content (AvgIpc) is 2.76. The van der Waals surface area contributed by atoms with Gasteiger partial charge in [-0.25, -0.2) is 4.98 Å². The predicted molar refractivity (Wildman–Crippen MR) is 85.9 cm³/mol. The van der Waals surface area contributed by atoms with Crippen LogP contribution in [0.3, 0.4) is 0 Å². The number of nitrogens with zero attached hydrogens (tertiary/aromatic N) is 3. The number of hydrogen-bond donors (Lipinski definition) is 1. The topological polar surface area (TPSA) is 69.3 Å². The fourth-order valence-electron chi connectivity index (χ4n) is 2.85. The molecule has 1 N–H and O–H groups in total. The molecular formula is C16H26N4O2. The standard InChI is InChI=1S/C16H26N4O2/c1-13(2)20(10-9-19-7-5-3-4-6-8-19)16(22)14-11-17-12-18-15(14)21/h11-13H,3-10H2,1-2H3,(H,17,18,21). The Morgan fingerprint density at radius 1 is 1.32 bits per heavy atom. The lowest BCUT2D eigenvalue weighted by Gasteiger charge is -2.29. The zero-order valence-electron chi connectivity index (χ0n) is 13.5. The van der Waals surface area contributed by atoms with Gasteiger partial charge < -0.3 is 14.8 Å². The second-order valence-electron chi connectivity index (χ2n) is 6.14. The normalized spacial score (nSPS) is 16.5. The molecule has 2 rings (SSSR count). The van der Waals surface area contributed by atoms with Gasteiger partial charge in [-0.3, -0.25) is 9.59 Å². The third-order valence-corrected chi connectivity index (χ3v) is 4.19. The molecule has 1 fully saturated rings. The second kappa shape index (κ2) is 8.08. The Morgan fingerprint density at radius 3 is 2.59 bits per heavy atom. The number of aromatic amines is 1. The monoisotopic (exact) mass is 306 g/mol. The number of hydrogen-bond acceptors (Lipinski definition) is 4. The van der Waals surface area contributed by atoms with E-state index in [9.17, 15) is 9.59 Å². The van der Waals surface area contributed by atoms with E-state index in [0.29, 0.717) is 6.54 Å². The highest BCUT2D eigenvalue weighted by Gasteiger charge is 2.22. The van der Waals surface area contributed by atoms with Crippen LogP contribution in [0.4, 0.5) is 0 Å². The highest BCUT2D eigenvalue weighted by Crippen LogP contribution is 2.10. The molecule has 1 saturated heterocycles. The van der Waals surface area contributed by atoms with Gasteiger partial charge in [-0.1, -0.05) is 12.8 Å². The Morgan fingerprint density at radius 2 is 2.00 bits per heavy atom. The third kappa shape index (κ3) is 4.40. The minimum absolute atomic E-state index is 0.0547. The first-order valence-corrected chi connectivity index (χ1v) is 8.15. The largest absolute Gasteiger partial charge is 0.335 e. The number of H-pyrrole nitrogens is 1. The smallest absolute Gasteiger partial charge is 0.263 e. The summed E-state index contributed by atoms with van der Waals surface area (Å²) in [4.78, 5) is 34.9. The first-order valence-electron chi connectivity index (χ1n) is 8.15. The molecule has 22 heavy (non-hydrogen) atoms. The van der Waals surface area contributed by atoms with Crippen LogP contribution in [0, 0.1) is 0 Å². The quantitative estimate of drug-likeness (QED) is 0.895. The Bertz CT molecular complexity index is 533. The fraction of sp³-hybridized carbons (Fsp3) is 0.688. The van der Waals surface area contributed by atoms with E-state index in [4.69, 9.17) is 0 Å². The molecule has 2 heterocycles. The molecule has 1 aromatic rings. The van der Waals surface area contributed by atoms with Crippen LogP contribution in [-0.4, -0.2) is 57.9 Å². The van der Waals surface area contributed by atoms with Crippen LogP contribution in [-0.2, 0) is 0 Å². The summed E-state index contributed by atoms with van der Waals surface area (Å²) in [6.07, 6.45) is 7.72. The lowest BCUT2D eigenvalue weighted by Crippen LogP contribution is -2.44. The Labute approximate surface area is 131 Å². The second-order valence-corrected chi connectivity index (χ2v) is 6.14. The van der Waals surface area contributed by atoms with Crippen molar-refractivity contribution in [1.82, 2.24) is 19.8 Å². The molecule has 6 nitrogen and oxygen atoms in total. The molecule has 0 aliphatic carbocycles. The molecule has 122 valence electrons. The molecule has 6 heteroatoms. The summed E-state index contributed by atoms with van der Waals surface area (Å²) in [6, 6.07) is 0.0547. The van der Waals surface area contributed by atoms with Gasteiger partial charge in [-0.2, -0.15) is 0 Å². The van der Waals surface area contributed by atoms with E-state index >= 15 is 0 Å². The summed E-state index contributed by atoms with van der Waals surface area (Å²) in [7, 11) is 0. The molecule has 0 aromatic carbocycles. The highest BCUT2D eigenvalue weighted by atomic mass is 16.2. The zero-order valence-corrected chi connectivity index (χ0v) is 13.5. The van der Waals surface area contributed by atoms with Crippen LogP contribution in [0.1, 0.15) is 49.9 Å². The molecule has 0 spiro atoms. The van der Waals surface area contributed by atoms with Gasteiger partial charge in [0.15, 0.2) is 0 Å². The Balaban J connectivity index is 2.02. The lowest BCUT2D eigenvalue weighted by atomic mass is 10.2. The number of rotatable bonds is 5. The first kappa shape index (κ1) is 16.7. The van der Waals surface area contributed by atoms with Gasteiger partial charge in [0.25, 0.3) is 11.5 Å². The molecule has 1 aliphatic heterocycles. The van der Waals surface area contributed by atoms with Crippen molar-refractivity contribution in [2.45, 2.75) is 45.6 Å². The van der Waals surface area contributed by atoms with Crippen LogP contribution in [0.15, 0.2) is 17.3 Å². The summed E-state index contributed by atoms with van der Waals surface area (Å²) < 4.78 is 0. The maximum absolute atomic E-state index is 12.6. The van der Waals surface area contributed by atoms with Gasteiger partial charge >= 0.3 is 0 Å². The SMILES string of the molecule is CC(C)N(CCN1CCCCCC1)C(=O)c1cnc[nH]c1=O. The maximum Gasteiger partial charge on any atom is 0.263 e. The molecule has 0 saturated carbocycles. The number of nitrogens with one attached hydrogen (secondary N) is 1. The summed E-state index contributed by atoms with van der Waals surface area (Å²) in [5, 5.41) is 0. The van der Waals surface area contributed by atoms with E-state index in [-0.39, 0.29) is 23.1 Å². The lowest BCUT2D eigenvalue weighted by molar-refractivity contribution is 0.0679. The molecule has 0 bridgehead atoms. The molecule has 0 radical (unpaired) electrons. The predicted octanol–water partition coefficient (Wildman–Crippen LogP) is 1.50. The van der Waals surface area contributed by atoms with Crippen LogP contribution in [0.25, 0.3) is 0 Å². The zero-order chi connectivity index (χ0) is 15.9. The molecule has 1 amide bonds. The number of amides is 1. The van der Waals surface area contributed by atoms with Crippen molar-refractivity contribution in [1.29, 1.82) is 0 Å². The molecule has 0 unspecified atom stereocenters. The van der Waals surface area contributed by atoms with Crippen LogP contribution in [0.5, 0.6) is 0 Å². The first-order chi connectivity index (χ1) is 10.6. The van der Waals surface area contributed by atoms with Crippen LogP contribution < -0.4 is 5.56 Å². The van der Waals surface area contributed by atoms with Gasteiger partial charge in [0.2, 0.25) is 0 Å². The Kier molecular flexibility index (Phi) is 6.12. The van der Waals surface area contributed by atoms with Crippen LogP contribution in [0.2, 0.25) is 0 Å². The summed E-state index contributed by atoms with van der Waals surface area (Å²) in [6.45, 7) is 7.67. The third-order valence-electron chi connectivity index (χ3n) is 4.19. The maximum atomic E-state index is 12.6. The van der Waals surface area contributed by atoms with Crippen molar-refractivity contribution in [3.05, 3.63) is 28.4 Å². The average molecular weight is 306 g/mol. The van der Waals surface area contributed by atoms with Crippen LogP contribution >= 0.6 is 0 Å². The van der Waals surface area contributed by atoms with E-state index in [2.05, 4.69) is 14.9 Å². The minimum Gasteiger partial charge on any atom is -0.335 e. The van der Waals surface area contributed by atoms with Gasteiger partial charge in [-0.05, 0) is 39.8 Å². The number of carbonyl (C=O) groups is 1. The van der Waals surface area contributed by atoms with Gasteiger partial charge in [0, 0.05) is 25.3 Å². The number of likely N-dealkylation sites (tertiary alicyclic amines) is 1. The summed E-state index contributed by atoms with van der Waals surface area (Å²) >= 11 is 0. The van der Waals surface area contributed by atoms with E-state index in [1.165, 1.54) is 38.2 Å². The number of carbonyl (C=O) groups excluding carboxylic acids is 1. The van der Waals surface area contributed by atoms with Gasteiger partial charge in [0.05, 0.1) is 6.33 Å². The van der Waals surface area contributed by atoms with Crippen molar-refractivity contribution in [3.8, 4) is 0 Å². The summed E-state index contributed by atoms with van der Waals surface area (Å²) in [5.41, 5.74) is -0.257. The Hall–Kier alpha value is -1.69. The van der Waals surface area contributed by atoms with E-state index in [1.54, 1.807) is 4.90 Å². The van der Waals surface area contributed by atoms with Crippen molar-refractivity contribution in [2.75, 3.05) is 26.2 Å². The molecule has 0 atom stereocenters. The number of aromatic nitrogens is 2. The van der Waals surface area contributed by atoms with E-state index in [0.717, 1.165) is 19.6 Å². The van der Waals surface area contributed by atoms with Crippen molar-refractivity contribution >= 4 is 5.91 Å². The van der Waals surface area contributed by atoms with Crippen molar-refractivity contribution < 1.29 is 4.79 Å². The van der Waals surface area contributed by atoms with Crippen molar-refractivity contribution in [3.63, 3.8) is 0 Å². The van der Waals surface area contributed by atoms with Crippen molar-refractivity contribution in [2.24, 2.45) is 0 Å². The fourth-order valence-corrected chi connectivity index (χ4v) is 2.85. The molecular weight excluding hydrogens is 280 g/mol. The van der Waals surface area contributed by atoms with Gasteiger partial charge in [-0.15, -0.1) is 0 Å². The van der Waals surface area contributed by atoms with E-state index < -0.39 is 0 Å². The highest BCUT2D eigenvalue weighted by molar-refractivity contribution is 5.93. The molecule has 1 aromatic heterocycles. The van der Waals surface area contributed by atoms with Gasteiger partial charge in [0.1, 0.15) is 5.56 Å². The minimum atomic E-state index is -0.375. The molecule has 1 aliphatic rings.